The molecule has 0 fully saturated rings. The van der Waals surface area contributed by atoms with E-state index >= 15 is 0 Å². The number of hydrogen-bond donors (Lipinski definition) is 1. The van der Waals surface area contributed by atoms with E-state index in [1.54, 1.807) is 25.1 Å². The number of anilines is 2. The lowest BCUT2D eigenvalue weighted by Gasteiger charge is -2.11. The van der Waals surface area contributed by atoms with Crippen LogP contribution in [0.5, 0.6) is 5.75 Å². The number of methoxy groups -OCH3 is 1. The molecule has 2 aromatic carbocycles. The Morgan fingerprint density at radius 3 is 2.70 bits per heavy atom. The van der Waals surface area contributed by atoms with Crippen molar-refractivity contribution in [1.29, 1.82) is 0 Å². The number of fused-ring (bicyclic) bond motifs is 1. The van der Waals surface area contributed by atoms with Gasteiger partial charge in [-0.05, 0) is 48.7 Å². The van der Waals surface area contributed by atoms with Crippen LogP contribution in [0.15, 0.2) is 71.8 Å². The van der Waals surface area contributed by atoms with E-state index in [1.165, 1.54) is 4.90 Å². The summed E-state index contributed by atoms with van der Waals surface area (Å²) in [6, 6.07) is 19.8. The molecule has 0 spiro atoms. The topological polar surface area (TPSA) is 59.9 Å². The first kappa shape index (κ1) is 17.3. The number of ether oxygens (including phenoxy) is 1. The molecule has 0 aliphatic carbocycles. The van der Waals surface area contributed by atoms with Gasteiger partial charge in [0.25, 0.3) is 0 Å². The molecule has 0 atom stereocenters. The molecule has 2 heterocycles. The quantitative estimate of drug-likeness (QED) is 0.487. The predicted octanol–water partition coefficient (Wildman–Crippen LogP) is 5.17. The molecular formula is C21H18N4OS. The Morgan fingerprint density at radius 1 is 0.963 bits per heavy atom. The summed E-state index contributed by atoms with van der Waals surface area (Å²) in [4.78, 5) is 15.0. The number of rotatable bonds is 5. The van der Waals surface area contributed by atoms with Gasteiger partial charge in [-0.3, -0.25) is 0 Å². The molecule has 0 amide bonds. The largest absolute Gasteiger partial charge is 0.497 e. The Balaban J connectivity index is 1.83. The van der Waals surface area contributed by atoms with E-state index in [9.17, 15) is 0 Å². The molecule has 5 nitrogen and oxygen atoms in total. The fourth-order valence-corrected chi connectivity index (χ4v) is 3.25. The van der Waals surface area contributed by atoms with Crippen LogP contribution in [0.25, 0.3) is 22.4 Å². The summed E-state index contributed by atoms with van der Waals surface area (Å²) in [7, 11) is 1.65. The van der Waals surface area contributed by atoms with Gasteiger partial charge in [0, 0.05) is 22.3 Å². The Bertz CT molecular complexity index is 1100. The van der Waals surface area contributed by atoms with E-state index in [1.807, 2.05) is 48.5 Å². The molecule has 0 saturated heterocycles. The number of benzene rings is 2. The van der Waals surface area contributed by atoms with Crippen LogP contribution in [-0.4, -0.2) is 28.3 Å². The Labute approximate surface area is 161 Å². The number of nitrogens with zero attached hydrogens (tertiary/aromatic N) is 3. The van der Waals surface area contributed by atoms with Crippen molar-refractivity contribution in [2.45, 2.75) is 4.90 Å². The maximum atomic E-state index is 5.33. The first-order valence-electron chi connectivity index (χ1n) is 8.45. The van der Waals surface area contributed by atoms with E-state index in [-0.39, 0.29) is 0 Å². The van der Waals surface area contributed by atoms with Gasteiger partial charge in [0.1, 0.15) is 11.6 Å². The van der Waals surface area contributed by atoms with Crippen LogP contribution in [0.2, 0.25) is 0 Å². The maximum absolute atomic E-state index is 5.33. The minimum absolute atomic E-state index is 0.601. The zero-order valence-electron chi connectivity index (χ0n) is 15.0. The van der Waals surface area contributed by atoms with Crippen LogP contribution in [-0.2, 0) is 0 Å². The minimum Gasteiger partial charge on any atom is -0.497 e. The zero-order chi connectivity index (χ0) is 18.6. The van der Waals surface area contributed by atoms with Crippen molar-refractivity contribution in [2.75, 3.05) is 18.7 Å². The van der Waals surface area contributed by atoms with Gasteiger partial charge in [-0.15, -0.1) is 11.8 Å². The molecular weight excluding hydrogens is 356 g/mol. The lowest BCUT2D eigenvalue weighted by atomic mass is 10.2. The summed E-state index contributed by atoms with van der Waals surface area (Å²) in [6.45, 7) is 0. The van der Waals surface area contributed by atoms with Gasteiger partial charge < -0.3 is 10.1 Å². The standard InChI is InChI=1S/C21H18N4OS/c1-26-16-8-3-6-14(12-16)19-24-20-18(10-5-11-22-20)21(25-19)23-15-7-4-9-17(13-15)27-2/h3-13H,1-2H3,(H,22,23,24,25). The fraction of sp³-hybridized carbons (Fsp3) is 0.0952. The normalized spacial score (nSPS) is 10.7. The third-order valence-corrected chi connectivity index (χ3v) is 4.86. The zero-order valence-corrected chi connectivity index (χ0v) is 15.8. The Morgan fingerprint density at radius 2 is 1.85 bits per heavy atom. The number of aromatic nitrogens is 3. The van der Waals surface area contributed by atoms with E-state index in [2.05, 4.69) is 33.7 Å². The van der Waals surface area contributed by atoms with E-state index in [0.29, 0.717) is 11.5 Å². The number of pyridine rings is 1. The van der Waals surface area contributed by atoms with E-state index in [0.717, 1.165) is 28.2 Å². The summed E-state index contributed by atoms with van der Waals surface area (Å²) in [5.74, 6) is 2.09. The molecule has 2 aromatic heterocycles. The van der Waals surface area contributed by atoms with E-state index in [4.69, 9.17) is 9.72 Å². The number of nitrogens with one attached hydrogen (secondary N) is 1. The number of thioether (sulfide) groups is 1. The summed E-state index contributed by atoms with van der Waals surface area (Å²) < 4.78 is 5.33. The first-order chi connectivity index (χ1) is 13.3. The summed E-state index contributed by atoms with van der Waals surface area (Å²) in [5.41, 5.74) is 2.50. The molecule has 0 aliphatic rings. The van der Waals surface area contributed by atoms with Crippen LogP contribution < -0.4 is 10.1 Å². The first-order valence-corrected chi connectivity index (χ1v) is 9.67. The van der Waals surface area contributed by atoms with Crippen LogP contribution in [0.4, 0.5) is 11.5 Å². The number of hydrogen-bond acceptors (Lipinski definition) is 6. The summed E-state index contributed by atoms with van der Waals surface area (Å²) >= 11 is 1.70. The second kappa shape index (κ2) is 7.63. The molecule has 4 rings (SSSR count). The van der Waals surface area contributed by atoms with Crippen LogP contribution in [0.1, 0.15) is 0 Å². The van der Waals surface area contributed by atoms with Crippen molar-refractivity contribution in [3.05, 3.63) is 66.9 Å². The lowest BCUT2D eigenvalue weighted by Crippen LogP contribution is -2.00. The third-order valence-electron chi connectivity index (χ3n) is 4.13. The Hall–Kier alpha value is -3.12. The smallest absolute Gasteiger partial charge is 0.165 e. The molecule has 0 aliphatic heterocycles. The van der Waals surface area contributed by atoms with Crippen molar-refractivity contribution in [2.24, 2.45) is 0 Å². The van der Waals surface area contributed by atoms with Gasteiger partial charge in [0.05, 0.1) is 12.5 Å². The second-order valence-corrected chi connectivity index (χ2v) is 6.74. The summed E-state index contributed by atoms with van der Waals surface area (Å²) in [5, 5.41) is 4.30. The van der Waals surface area contributed by atoms with Crippen LogP contribution in [0, 0.1) is 0 Å². The van der Waals surface area contributed by atoms with Gasteiger partial charge in [0.15, 0.2) is 11.5 Å². The highest BCUT2D eigenvalue weighted by atomic mass is 32.2. The molecule has 4 aromatic rings. The van der Waals surface area contributed by atoms with Gasteiger partial charge in [-0.2, -0.15) is 0 Å². The lowest BCUT2D eigenvalue weighted by molar-refractivity contribution is 0.415. The van der Waals surface area contributed by atoms with Crippen molar-refractivity contribution >= 4 is 34.3 Å². The molecule has 0 unspecified atom stereocenters. The van der Waals surface area contributed by atoms with Gasteiger partial charge >= 0.3 is 0 Å². The fourth-order valence-electron chi connectivity index (χ4n) is 2.79. The molecule has 0 radical (unpaired) electrons. The van der Waals surface area contributed by atoms with Gasteiger partial charge in [-0.25, -0.2) is 15.0 Å². The van der Waals surface area contributed by atoms with E-state index < -0.39 is 0 Å². The molecule has 27 heavy (non-hydrogen) atoms. The van der Waals surface area contributed by atoms with Crippen molar-refractivity contribution in [1.82, 2.24) is 15.0 Å². The molecule has 0 saturated carbocycles. The van der Waals surface area contributed by atoms with Gasteiger partial charge in [0.2, 0.25) is 0 Å². The predicted molar refractivity (Wildman–Crippen MR) is 111 cm³/mol. The minimum atomic E-state index is 0.601. The second-order valence-electron chi connectivity index (χ2n) is 5.86. The highest BCUT2D eigenvalue weighted by molar-refractivity contribution is 7.98. The Kier molecular flexibility index (Phi) is 4.89. The third kappa shape index (κ3) is 3.71. The highest BCUT2D eigenvalue weighted by Crippen LogP contribution is 2.29. The SMILES string of the molecule is COc1cccc(-c2nc(Nc3cccc(SC)c3)c3cccnc3n2)c1. The molecule has 0 bridgehead atoms. The average molecular weight is 374 g/mol. The van der Waals surface area contributed by atoms with Gasteiger partial charge in [-0.1, -0.05) is 18.2 Å². The van der Waals surface area contributed by atoms with Crippen molar-refractivity contribution in [3.8, 4) is 17.1 Å². The molecule has 1 N–H and O–H groups in total. The summed E-state index contributed by atoms with van der Waals surface area (Å²) in [6.07, 6.45) is 3.80. The highest BCUT2D eigenvalue weighted by Gasteiger charge is 2.11. The van der Waals surface area contributed by atoms with Crippen LogP contribution >= 0.6 is 11.8 Å². The van der Waals surface area contributed by atoms with Crippen molar-refractivity contribution in [3.63, 3.8) is 0 Å². The average Bonchev–Trinajstić information content (AvgIpc) is 2.74. The molecule has 134 valence electrons. The maximum Gasteiger partial charge on any atom is 0.165 e. The van der Waals surface area contributed by atoms with Crippen molar-refractivity contribution < 1.29 is 4.74 Å². The monoisotopic (exact) mass is 374 g/mol. The molecule has 6 heteroatoms. The van der Waals surface area contributed by atoms with Crippen LogP contribution in [0.3, 0.4) is 0 Å².